The molecule has 2 heterocycles. The van der Waals surface area contributed by atoms with E-state index in [0.717, 1.165) is 24.3 Å². The maximum absolute atomic E-state index is 13.1. The van der Waals surface area contributed by atoms with Crippen molar-refractivity contribution in [1.29, 1.82) is 0 Å². The van der Waals surface area contributed by atoms with Crippen molar-refractivity contribution < 1.29 is 59.2 Å². The summed E-state index contributed by atoms with van der Waals surface area (Å²) < 4.78 is 21.6. The molecule has 0 radical (unpaired) electrons. The number of benzene rings is 3. The Morgan fingerprint density at radius 3 is 2.32 bits per heavy atom. The van der Waals surface area contributed by atoms with Crippen LogP contribution in [0.15, 0.2) is 63.8 Å². The Morgan fingerprint density at radius 1 is 0.927 bits per heavy atom. The van der Waals surface area contributed by atoms with Gasteiger partial charge in [-0.3, -0.25) is 4.79 Å². The third-order valence-electron chi connectivity index (χ3n) is 6.49. The maximum Gasteiger partial charge on any atom is 0.331 e. The van der Waals surface area contributed by atoms with Crippen LogP contribution < -0.4 is 10.2 Å². The van der Waals surface area contributed by atoms with Gasteiger partial charge in [0.25, 0.3) is 0 Å². The molecule has 1 saturated heterocycles. The average Bonchev–Trinajstić information content (AvgIpc) is 2.95. The monoisotopic (exact) mass is 568 g/mol. The Balaban J connectivity index is 1.46. The van der Waals surface area contributed by atoms with Gasteiger partial charge < -0.3 is 54.4 Å². The van der Waals surface area contributed by atoms with Crippen LogP contribution in [0, 0.1) is 0 Å². The summed E-state index contributed by atoms with van der Waals surface area (Å²) in [4.78, 5) is 25.6. The van der Waals surface area contributed by atoms with Crippen LogP contribution in [0.1, 0.15) is 5.56 Å². The first-order chi connectivity index (χ1) is 19.6. The molecule has 0 aliphatic carbocycles. The van der Waals surface area contributed by atoms with E-state index in [0.29, 0.717) is 5.56 Å². The van der Waals surface area contributed by atoms with E-state index in [4.69, 9.17) is 18.6 Å². The van der Waals surface area contributed by atoms with Crippen LogP contribution >= 0.6 is 0 Å². The van der Waals surface area contributed by atoms with E-state index in [1.807, 2.05) is 0 Å². The van der Waals surface area contributed by atoms with Crippen molar-refractivity contribution in [2.75, 3.05) is 6.61 Å². The van der Waals surface area contributed by atoms with E-state index in [2.05, 4.69) is 0 Å². The highest BCUT2D eigenvalue weighted by molar-refractivity contribution is 5.96. The quantitative estimate of drug-likeness (QED) is 0.0754. The number of hydrogen-bond donors (Lipinski definition) is 7. The number of aliphatic hydroxyl groups is 3. The predicted octanol–water partition coefficient (Wildman–Crippen LogP) is 1.21. The zero-order valence-corrected chi connectivity index (χ0v) is 20.9. The highest BCUT2D eigenvalue weighted by atomic mass is 16.7. The summed E-state index contributed by atoms with van der Waals surface area (Å²) in [6, 6.07) is 11.6. The molecule has 0 unspecified atom stereocenters. The zero-order chi connectivity index (χ0) is 29.4. The predicted molar refractivity (Wildman–Crippen MR) is 140 cm³/mol. The van der Waals surface area contributed by atoms with Crippen molar-refractivity contribution in [2.45, 2.75) is 30.7 Å². The van der Waals surface area contributed by atoms with Gasteiger partial charge in [-0.05, 0) is 17.7 Å². The first kappa shape index (κ1) is 27.7. The van der Waals surface area contributed by atoms with Gasteiger partial charge in [-0.1, -0.05) is 30.3 Å². The zero-order valence-electron chi connectivity index (χ0n) is 20.9. The third kappa shape index (κ3) is 5.21. The molecular formula is C28H24O13. The van der Waals surface area contributed by atoms with Gasteiger partial charge in [0.15, 0.2) is 35.2 Å². The van der Waals surface area contributed by atoms with Gasteiger partial charge in [0.1, 0.15) is 28.8 Å². The van der Waals surface area contributed by atoms with Crippen LogP contribution in [-0.4, -0.2) is 79.0 Å². The lowest BCUT2D eigenvalue weighted by atomic mass is 9.99. The molecule has 0 amide bonds. The molecule has 214 valence electrons. The van der Waals surface area contributed by atoms with Crippen LogP contribution in [0.4, 0.5) is 0 Å². The van der Waals surface area contributed by atoms with Gasteiger partial charge in [0.05, 0.1) is 12.0 Å². The molecule has 0 bridgehead atoms. The van der Waals surface area contributed by atoms with Gasteiger partial charge >= 0.3 is 5.97 Å². The van der Waals surface area contributed by atoms with Gasteiger partial charge in [0.2, 0.25) is 17.5 Å². The minimum absolute atomic E-state index is 0.151. The van der Waals surface area contributed by atoms with E-state index in [-0.39, 0.29) is 16.6 Å². The van der Waals surface area contributed by atoms with Gasteiger partial charge in [-0.2, -0.15) is 0 Å². The number of ether oxygens (including phenoxy) is 3. The van der Waals surface area contributed by atoms with Gasteiger partial charge in [0, 0.05) is 18.2 Å². The lowest BCUT2D eigenvalue weighted by Crippen LogP contribution is -2.61. The fourth-order valence-electron chi connectivity index (χ4n) is 4.41. The Kier molecular flexibility index (Phi) is 7.43. The van der Waals surface area contributed by atoms with Gasteiger partial charge in [-0.15, -0.1) is 0 Å². The number of hydrogen-bond acceptors (Lipinski definition) is 13. The first-order valence-electron chi connectivity index (χ1n) is 12.2. The van der Waals surface area contributed by atoms with Crippen LogP contribution in [0.3, 0.4) is 0 Å². The molecule has 1 aliphatic rings. The smallest absolute Gasteiger partial charge is 0.331 e. The van der Waals surface area contributed by atoms with E-state index in [9.17, 15) is 45.3 Å². The van der Waals surface area contributed by atoms with Crippen LogP contribution in [0.2, 0.25) is 0 Å². The summed E-state index contributed by atoms with van der Waals surface area (Å²) >= 11 is 0. The molecule has 1 fully saturated rings. The molecule has 5 atom stereocenters. The largest absolute Gasteiger partial charge is 0.504 e. The molecule has 5 rings (SSSR count). The molecule has 13 nitrogen and oxygen atoms in total. The molecule has 1 aromatic heterocycles. The molecule has 0 saturated carbocycles. The van der Waals surface area contributed by atoms with E-state index in [1.54, 1.807) is 30.3 Å². The van der Waals surface area contributed by atoms with Crippen LogP contribution in [0.25, 0.3) is 28.0 Å². The third-order valence-corrected chi connectivity index (χ3v) is 6.49. The second-order valence-corrected chi connectivity index (χ2v) is 9.18. The van der Waals surface area contributed by atoms with E-state index >= 15 is 0 Å². The van der Waals surface area contributed by atoms with Crippen molar-refractivity contribution in [3.63, 3.8) is 0 Å². The fraction of sp³-hybridized carbons (Fsp3) is 0.214. The normalized spacial score (nSPS) is 22.8. The Morgan fingerprint density at radius 2 is 1.61 bits per heavy atom. The number of carbonyl (C=O) groups is 1. The summed E-state index contributed by atoms with van der Waals surface area (Å²) in [6.45, 7) is -0.788. The van der Waals surface area contributed by atoms with E-state index < -0.39 is 82.8 Å². The number of rotatable bonds is 6. The second-order valence-electron chi connectivity index (χ2n) is 9.18. The summed E-state index contributed by atoms with van der Waals surface area (Å²) in [5.74, 6) is -4.55. The number of fused-ring (bicyclic) bond motifs is 2. The Bertz CT molecular complexity index is 1700. The molecule has 4 aromatic rings. The summed E-state index contributed by atoms with van der Waals surface area (Å²) in [5.41, 5.74) is -0.633. The average molecular weight is 568 g/mol. The SMILES string of the molecule is O=C(/C=C/c1ccccc1)O[C@@H]1[C@@H](O)[C@H](Oc2c(O)cc3oc4cc(O)c(O)cc4c(=O)c3c2O)O[C@H](CO)[C@H]1O. The highest BCUT2D eigenvalue weighted by Gasteiger charge is 2.48. The van der Waals surface area contributed by atoms with Crippen molar-refractivity contribution in [1.82, 2.24) is 0 Å². The number of phenolic OH excluding ortho intramolecular Hbond substituents is 4. The van der Waals surface area contributed by atoms with Gasteiger partial charge in [-0.25, -0.2) is 4.79 Å². The minimum atomic E-state index is -1.90. The number of esters is 1. The van der Waals surface area contributed by atoms with E-state index in [1.165, 1.54) is 6.08 Å². The topological polar surface area (TPSA) is 217 Å². The fourth-order valence-corrected chi connectivity index (χ4v) is 4.41. The second kappa shape index (κ2) is 11.0. The Hall–Kier alpha value is -4.82. The molecule has 3 aromatic carbocycles. The maximum atomic E-state index is 13.1. The van der Waals surface area contributed by atoms with Crippen LogP contribution in [0.5, 0.6) is 28.7 Å². The highest BCUT2D eigenvalue weighted by Crippen LogP contribution is 2.44. The van der Waals surface area contributed by atoms with Crippen molar-refractivity contribution in [3.8, 4) is 28.7 Å². The molecule has 0 spiro atoms. The lowest BCUT2D eigenvalue weighted by Gasteiger charge is -2.41. The number of phenols is 4. The van der Waals surface area contributed by atoms with Crippen LogP contribution in [-0.2, 0) is 14.3 Å². The Labute approximate surface area is 229 Å². The molecule has 7 N–H and O–H groups in total. The first-order valence-corrected chi connectivity index (χ1v) is 12.2. The standard InChI is InChI=1S/C28H24O13/c29-11-19-23(35)27(40-20(33)7-6-12-4-2-1-3-5-12)25(37)28(39-19)41-26-16(32)10-18-21(24(26)36)22(34)13-8-14(30)15(31)9-17(13)38-18/h1-10,19,23,25,27-32,35-37H,11H2/b7-6+/t19-,23-,25-,27+,28+/m1/s1. The molecule has 1 aliphatic heterocycles. The summed E-state index contributed by atoms with van der Waals surface area (Å²) in [6.07, 6.45) is -6.00. The minimum Gasteiger partial charge on any atom is -0.504 e. The van der Waals surface area contributed by atoms with Crippen molar-refractivity contribution in [3.05, 3.63) is 70.4 Å². The van der Waals surface area contributed by atoms with Crippen molar-refractivity contribution >= 4 is 34.0 Å². The number of aromatic hydroxyl groups is 4. The summed E-state index contributed by atoms with van der Waals surface area (Å²) in [7, 11) is 0. The molecule has 13 heteroatoms. The lowest BCUT2D eigenvalue weighted by molar-refractivity contribution is -0.280. The summed E-state index contributed by atoms with van der Waals surface area (Å²) in [5, 5.41) is 71.4. The number of aliphatic hydroxyl groups excluding tert-OH is 3. The van der Waals surface area contributed by atoms with Crippen molar-refractivity contribution in [2.24, 2.45) is 0 Å². The molecular weight excluding hydrogens is 544 g/mol. The molecule has 41 heavy (non-hydrogen) atoms. The number of carbonyl (C=O) groups excluding carboxylic acids is 1.